The van der Waals surface area contributed by atoms with E-state index in [9.17, 15) is 4.79 Å². The molecule has 0 spiro atoms. The molecule has 0 aliphatic carbocycles. The van der Waals surface area contributed by atoms with Crippen LogP contribution in [-0.4, -0.2) is 17.6 Å². The molecule has 15 heavy (non-hydrogen) atoms. The van der Waals surface area contributed by atoms with Crippen LogP contribution in [0.4, 0.5) is 0 Å². The van der Waals surface area contributed by atoms with E-state index in [4.69, 9.17) is 21.0 Å². The fourth-order valence-corrected chi connectivity index (χ4v) is 0.923. The first kappa shape index (κ1) is 13.4. The highest BCUT2D eigenvalue weighted by atomic mass is 16.6. The minimum atomic E-state index is -1.00. The standard InChI is InChI=1S/C10H15N3O2/c1-10(2,3)15-9(14)7(4-5-11)8(13)6-12/h7-8H,4,13H2,1-3H3. The second-order valence-electron chi connectivity index (χ2n) is 4.16. The largest absolute Gasteiger partial charge is 0.460 e. The zero-order valence-electron chi connectivity index (χ0n) is 9.15. The Bertz CT molecular complexity index is 306. The lowest BCUT2D eigenvalue weighted by Crippen LogP contribution is -2.38. The van der Waals surface area contributed by atoms with Crippen molar-refractivity contribution >= 4 is 5.97 Å². The maximum Gasteiger partial charge on any atom is 0.313 e. The molecule has 82 valence electrons. The van der Waals surface area contributed by atoms with Crippen LogP contribution >= 0.6 is 0 Å². The number of nitrogens with zero attached hydrogens (tertiary/aromatic N) is 2. The summed E-state index contributed by atoms with van der Waals surface area (Å²) in [4.78, 5) is 11.5. The molecule has 0 heterocycles. The zero-order chi connectivity index (χ0) is 12.1. The van der Waals surface area contributed by atoms with Crippen molar-refractivity contribution in [1.82, 2.24) is 0 Å². The van der Waals surface area contributed by atoms with E-state index >= 15 is 0 Å². The van der Waals surface area contributed by atoms with Crippen LogP contribution in [0.5, 0.6) is 0 Å². The average molecular weight is 209 g/mol. The topological polar surface area (TPSA) is 99.9 Å². The third-order valence-corrected chi connectivity index (χ3v) is 1.60. The van der Waals surface area contributed by atoms with Gasteiger partial charge in [-0.2, -0.15) is 10.5 Å². The molecule has 0 aromatic carbocycles. The normalized spacial score (nSPS) is 14.5. The molecule has 0 rings (SSSR count). The molecule has 0 bridgehead atoms. The van der Waals surface area contributed by atoms with Gasteiger partial charge in [0.2, 0.25) is 0 Å². The first-order valence-corrected chi connectivity index (χ1v) is 4.57. The monoisotopic (exact) mass is 209 g/mol. The van der Waals surface area contributed by atoms with E-state index in [0.29, 0.717) is 0 Å². The molecule has 2 N–H and O–H groups in total. The summed E-state index contributed by atoms with van der Waals surface area (Å²) in [6.45, 7) is 5.14. The van der Waals surface area contributed by atoms with Gasteiger partial charge in [-0.1, -0.05) is 0 Å². The second kappa shape index (κ2) is 5.33. The van der Waals surface area contributed by atoms with Crippen LogP contribution in [0, 0.1) is 28.6 Å². The smallest absolute Gasteiger partial charge is 0.313 e. The van der Waals surface area contributed by atoms with Crippen LogP contribution < -0.4 is 5.73 Å². The Morgan fingerprint density at radius 1 is 1.47 bits per heavy atom. The van der Waals surface area contributed by atoms with Gasteiger partial charge in [-0.25, -0.2) is 0 Å². The van der Waals surface area contributed by atoms with Crippen molar-refractivity contribution in [3.63, 3.8) is 0 Å². The van der Waals surface area contributed by atoms with Gasteiger partial charge in [0.1, 0.15) is 11.6 Å². The van der Waals surface area contributed by atoms with E-state index in [-0.39, 0.29) is 6.42 Å². The van der Waals surface area contributed by atoms with Crippen LogP contribution in [0.1, 0.15) is 27.2 Å². The summed E-state index contributed by atoms with van der Waals surface area (Å²) in [5, 5.41) is 17.1. The number of carbonyl (C=O) groups is 1. The lowest BCUT2D eigenvalue weighted by atomic mass is 9.98. The van der Waals surface area contributed by atoms with Crippen molar-refractivity contribution < 1.29 is 9.53 Å². The minimum Gasteiger partial charge on any atom is -0.460 e. The van der Waals surface area contributed by atoms with Gasteiger partial charge in [0.25, 0.3) is 0 Å². The summed E-state index contributed by atoms with van der Waals surface area (Å²) >= 11 is 0. The van der Waals surface area contributed by atoms with Gasteiger partial charge in [0.05, 0.1) is 24.5 Å². The van der Waals surface area contributed by atoms with Gasteiger partial charge in [-0.05, 0) is 20.8 Å². The van der Waals surface area contributed by atoms with E-state index in [1.165, 1.54) is 0 Å². The summed E-state index contributed by atoms with van der Waals surface area (Å²) in [6.07, 6.45) is -0.107. The highest BCUT2D eigenvalue weighted by Gasteiger charge is 2.30. The molecular weight excluding hydrogens is 194 g/mol. The fraction of sp³-hybridized carbons (Fsp3) is 0.700. The average Bonchev–Trinajstić information content (AvgIpc) is 2.10. The molecule has 0 aromatic rings. The molecule has 2 unspecified atom stereocenters. The molecule has 0 fully saturated rings. The number of hydrogen-bond acceptors (Lipinski definition) is 5. The Morgan fingerprint density at radius 3 is 2.33 bits per heavy atom. The fourth-order valence-electron chi connectivity index (χ4n) is 0.923. The Labute approximate surface area is 89.4 Å². The predicted octanol–water partition coefficient (Wildman–Crippen LogP) is 0.709. The number of hydrogen-bond donors (Lipinski definition) is 1. The summed E-state index contributed by atoms with van der Waals surface area (Å²) in [7, 11) is 0. The highest BCUT2D eigenvalue weighted by molar-refractivity contribution is 5.74. The van der Waals surface area contributed by atoms with Gasteiger partial charge in [-0.3, -0.25) is 4.79 Å². The maximum atomic E-state index is 11.5. The first-order chi connectivity index (χ1) is 6.81. The quantitative estimate of drug-likeness (QED) is 0.690. The number of nitrogens with two attached hydrogens (primary N) is 1. The van der Waals surface area contributed by atoms with Crippen molar-refractivity contribution in [3.05, 3.63) is 0 Å². The van der Waals surface area contributed by atoms with Crippen LogP contribution in [0.15, 0.2) is 0 Å². The Hall–Kier alpha value is -1.59. The molecular formula is C10H15N3O2. The van der Waals surface area contributed by atoms with E-state index in [0.717, 1.165) is 0 Å². The molecule has 5 nitrogen and oxygen atoms in total. The van der Waals surface area contributed by atoms with Crippen LogP contribution in [-0.2, 0) is 9.53 Å². The Morgan fingerprint density at radius 2 is 2.00 bits per heavy atom. The first-order valence-electron chi connectivity index (χ1n) is 4.57. The number of esters is 1. The second-order valence-corrected chi connectivity index (χ2v) is 4.16. The van der Waals surface area contributed by atoms with Crippen LogP contribution in [0.3, 0.4) is 0 Å². The van der Waals surface area contributed by atoms with Crippen LogP contribution in [0.2, 0.25) is 0 Å². The molecule has 0 aliphatic heterocycles. The lowest BCUT2D eigenvalue weighted by Gasteiger charge is -2.23. The van der Waals surface area contributed by atoms with Gasteiger partial charge >= 0.3 is 5.97 Å². The molecule has 0 aliphatic rings. The van der Waals surface area contributed by atoms with Crippen molar-refractivity contribution in [3.8, 4) is 12.1 Å². The molecule has 5 heteroatoms. The van der Waals surface area contributed by atoms with Crippen LogP contribution in [0.25, 0.3) is 0 Å². The molecule has 0 saturated carbocycles. The van der Waals surface area contributed by atoms with Crippen molar-refractivity contribution in [1.29, 1.82) is 10.5 Å². The van der Waals surface area contributed by atoms with Gasteiger partial charge in [-0.15, -0.1) is 0 Å². The Kier molecular flexibility index (Phi) is 4.77. The van der Waals surface area contributed by atoms with E-state index in [2.05, 4.69) is 0 Å². The third-order valence-electron chi connectivity index (χ3n) is 1.60. The SMILES string of the molecule is CC(C)(C)OC(=O)C(CC#N)C(N)C#N. The van der Waals surface area contributed by atoms with Gasteiger partial charge in [0.15, 0.2) is 0 Å². The number of nitriles is 2. The van der Waals surface area contributed by atoms with E-state index < -0.39 is 23.5 Å². The van der Waals surface area contributed by atoms with Crippen molar-refractivity contribution in [2.24, 2.45) is 11.7 Å². The summed E-state index contributed by atoms with van der Waals surface area (Å²) < 4.78 is 5.05. The number of carbonyl (C=O) groups excluding carboxylic acids is 1. The zero-order valence-corrected chi connectivity index (χ0v) is 9.15. The molecule has 0 amide bonds. The molecule has 0 radical (unpaired) electrons. The van der Waals surface area contributed by atoms with E-state index in [1.807, 2.05) is 6.07 Å². The van der Waals surface area contributed by atoms with Gasteiger partial charge < -0.3 is 10.5 Å². The molecule has 2 atom stereocenters. The lowest BCUT2D eigenvalue weighted by molar-refractivity contribution is -0.160. The maximum absolute atomic E-state index is 11.5. The summed E-state index contributed by atoms with van der Waals surface area (Å²) in [6, 6.07) is 2.56. The number of ether oxygens (including phenoxy) is 1. The number of rotatable bonds is 3. The molecule has 0 saturated heterocycles. The summed E-state index contributed by atoms with van der Waals surface area (Å²) in [5.74, 6) is -1.47. The third kappa shape index (κ3) is 4.99. The van der Waals surface area contributed by atoms with Gasteiger partial charge in [0, 0.05) is 0 Å². The van der Waals surface area contributed by atoms with Crippen molar-refractivity contribution in [2.45, 2.75) is 38.8 Å². The Balaban J connectivity index is 4.60. The predicted molar refractivity (Wildman–Crippen MR) is 53.2 cm³/mol. The molecule has 0 aromatic heterocycles. The van der Waals surface area contributed by atoms with E-state index in [1.54, 1.807) is 26.8 Å². The van der Waals surface area contributed by atoms with Crippen molar-refractivity contribution in [2.75, 3.05) is 0 Å². The highest BCUT2D eigenvalue weighted by Crippen LogP contribution is 2.15. The minimum absolute atomic E-state index is 0.107. The summed E-state index contributed by atoms with van der Waals surface area (Å²) in [5.41, 5.74) is 4.77.